The molecule has 2 aromatic carbocycles. The fourth-order valence-electron chi connectivity index (χ4n) is 3.00. The van der Waals surface area contributed by atoms with Crippen molar-refractivity contribution in [3.63, 3.8) is 0 Å². The largest absolute Gasteiger partial charge is 0.443 e. The molecule has 0 saturated carbocycles. The summed E-state index contributed by atoms with van der Waals surface area (Å²) in [5.41, 5.74) is 0.931. The summed E-state index contributed by atoms with van der Waals surface area (Å²) >= 11 is 0. The van der Waals surface area contributed by atoms with Gasteiger partial charge in [0.05, 0.1) is 4.90 Å². The van der Waals surface area contributed by atoms with Crippen molar-refractivity contribution in [2.45, 2.75) is 23.8 Å². The molecule has 3 aromatic rings. The highest BCUT2D eigenvalue weighted by Gasteiger charge is 2.27. The molecule has 0 bridgehead atoms. The third-order valence-corrected chi connectivity index (χ3v) is 7.02. The Balaban J connectivity index is 1.97. The molecule has 1 aromatic heterocycles. The number of aryl methyl sites for hydroxylation is 2. The predicted molar refractivity (Wildman–Crippen MR) is 102 cm³/mol. The molecule has 0 radical (unpaired) electrons. The molecular formula is C17H16N2O7S2. The molecule has 0 spiro atoms. The van der Waals surface area contributed by atoms with Gasteiger partial charge in [-0.05, 0) is 43.2 Å². The Morgan fingerprint density at radius 3 is 2.21 bits per heavy atom. The first-order chi connectivity index (χ1) is 13.0. The summed E-state index contributed by atoms with van der Waals surface area (Å²) in [6, 6.07) is 10.8. The van der Waals surface area contributed by atoms with Crippen molar-refractivity contribution in [2.75, 3.05) is 10.6 Å². The van der Waals surface area contributed by atoms with E-state index in [1.165, 1.54) is 32.0 Å². The monoisotopic (exact) mass is 424 g/mol. The number of hydrogen-bond acceptors (Lipinski definition) is 7. The number of nitrogens with one attached hydrogen (secondary N) is 1. The first-order valence-electron chi connectivity index (χ1n) is 7.97. The van der Waals surface area contributed by atoms with E-state index in [2.05, 4.69) is 4.72 Å². The van der Waals surface area contributed by atoms with E-state index in [-0.39, 0.29) is 26.8 Å². The van der Waals surface area contributed by atoms with Gasteiger partial charge in [-0.1, -0.05) is 18.2 Å². The van der Waals surface area contributed by atoms with Crippen LogP contribution in [-0.4, -0.2) is 27.6 Å². The maximum Gasteiger partial charge on any atom is 0.305 e. The number of nitrogens with zero attached hydrogens (tertiary/aromatic N) is 1. The van der Waals surface area contributed by atoms with Crippen LogP contribution in [0.1, 0.15) is 11.1 Å². The Morgan fingerprint density at radius 1 is 1.04 bits per heavy atom. The van der Waals surface area contributed by atoms with Gasteiger partial charge in [0.2, 0.25) is 14.9 Å². The summed E-state index contributed by atoms with van der Waals surface area (Å²) in [5, 5.41) is 11.0. The van der Waals surface area contributed by atoms with Gasteiger partial charge in [0, 0.05) is 22.1 Å². The summed E-state index contributed by atoms with van der Waals surface area (Å²) < 4.78 is 57.3. The van der Waals surface area contributed by atoms with Gasteiger partial charge in [0.1, 0.15) is 5.58 Å². The van der Waals surface area contributed by atoms with Crippen LogP contribution in [0.15, 0.2) is 56.9 Å². The Hall–Kier alpha value is -2.92. The molecule has 0 atom stereocenters. The minimum absolute atomic E-state index is 0.121. The number of sulfone groups is 1. The Morgan fingerprint density at radius 2 is 1.64 bits per heavy atom. The van der Waals surface area contributed by atoms with Crippen LogP contribution in [0.4, 0.5) is 5.69 Å². The third kappa shape index (κ3) is 3.85. The third-order valence-electron chi connectivity index (χ3n) is 3.97. The maximum absolute atomic E-state index is 12.6. The molecule has 9 nitrogen and oxygen atoms in total. The van der Waals surface area contributed by atoms with Gasteiger partial charge in [-0.15, -0.1) is 0 Å². The van der Waals surface area contributed by atoms with Gasteiger partial charge in [0.25, 0.3) is 10.0 Å². The smallest absolute Gasteiger partial charge is 0.305 e. The van der Waals surface area contributed by atoms with Crippen molar-refractivity contribution in [1.29, 1.82) is 0 Å². The van der Waals surface area contributed by atoms with E-state index in [4.69, 9.17) is 4.42 Å². The minimum atomic E-state index is -4.15. The minimum Gasteiger partial charge on any atom is -0.443 e. The van der Waals surface area contributed by atoms with E-state index in [0.29, 0.717) is 11.0 Å². The molecule has 0 aliphatic carbocycles. The highest BCUT2D eigenvalue weighted by Crippen LogP contribution is 2.28. The van der Waals surface area contributed by atoms with Crippen molar-refractivity contribution >= 4 is 36.5 Å². The van der Waals surface area contributed by atoms with E-state index in [1.807, 2.05) is 0 Å². The van der Waals surface area contributed by atoms with Gasteiger partial charge >= 0.3 is 5.88 Å². The molecule has 1 heterocycles. The molecule has 0 saturated heterocycles. The van der Waals surface area contributed by atoms with E-state index >= 15 is 0 Å². The fraction of sp³-hybridized carbons (Fsp3) is 0.176. The van der Waals surface area contributed by atoms with Crippen molar-refractivity contribution in [3.8, 4) is 0 Å². The summed E-state index contributed by atoms with van der Waals surface area (Å²) in [6.07, 6.45) is 0. The Labute approximate surface area is 161 Å². The Kier molecular flexibility index (Phi) is 4.90. The molecule has 0 fully saturated rings. The van der Waals surface area contributed by atoms with Gasteiger partial charge in [-0.25, -0.2) is 8.42 Å². The van der Waals surface area contributed by atoms with E-state index in [9.17, 15) is 26.9 Å². The molecule has 11 heteroatoms. The summed E-state index contributed by atoms with van der Waals surface area (Å²) in [5.74, 6) is -1.24. The van der Waals surface area contributed by atoms with Crippen LogP contribution >= 0.6 is 0 Å². The van der Waals surface area contributed by atoms with Crippen LogP contribution in [-0.2, 0) is 19.9 Å². The standard InChI is InChI=1S/C17H16N2O7S2/c1-11-7-14(8-12(2)17(11)27(22,23)10-19(20)21)18-28(24,25)16-9-13-5-3-4-6-15(13)26-16/h3-9,18H,10H2,1-2H3. The molecule has 0 amide bonds. The van der Waals surface area contributed by atoms with Crippen LogP contribution < -0.4 is 4.72 Å². The van der Waals surface area contributed by atoms with Crippen LogP contribution in [0.3, 0.4) is 0 Å². The maximum atomic E-state index is 12.6. The highest BCUT2D eigenvalue weighted by molar-refractivity contribution is 7.92. The molecule has 28 heavy (non-hydrogen) atoms. The van der Waals surface area contributed by atoms with Gasteiger partial charge < -0.3 is 4.42 Å². The number of rotatable bonds is 6. The second kappa shape index (κ2) is 6.91. The number of para-hydroxylation sites is 1. The number of benzene rings is 2. The number of fused-ring (bicyclic) bond motifs is 1. The van der Waals surface area contributed by atoms with E-state index < -0.39 is 30.7 Å². The molecule has 0 unspecified atom stereocenters. The quantitative estimate of drug-likeness (QED) is 0.474. The lowest BCUT2D eigenvalue weighted by molar-refractivity contribution is -0.458. The summed E-state index contributed by atoms with van der Waals surface area (Å²) in [4.78, 5) is 9.51. The number of sulfonamides is 1. The van der Waals surface area contributed by atoms with Crippen molar-refractivity contribution in [1.82, 2.24) is 0 Å². The Bertz CT molecular complexity index is 1240. The van der Waals surface area contributed by atoms with Crippen LogP contribution in [0.5, 0.6) is 0 Å². The number of furan rings is 1. The highest BCUT2D eigenvalue weighted by atomic mass is 32.2. The lowest BCUT2D eigenvalue weighted by atomic mass is 10.1. The van der Waals surface area contributed by atoms with Crippen LogP contribution in [0, 0.1) is 24.0 Å². The average Bonchev–Trinajstić information content (AvgIpc) is 2.97. The molecule has 0 aliphatic heterocycles. The van der Waals surface area contributed by atoms with E-state index in [0.717, 1.165) is 0 Å². The first kappa shape index (κ1) is 19.8. The number of hydrogen-bond donors (Lipinski definition) is 1. The predicted octanol–water partition coefficient (Wildman–Crippen LogP) is 2.86. The second-order valence-corrected chi connectivity index (χ2v) is 9.73. The van der Waals surface area contributed by atoms with E-state index in [1.54, 1.807) is 24.3 Å². The molecule has 0 aliphatic rings. The molecule has 1 N–H and O–H groups in total. The van der Waals surface area contributed by atoms with Gasteiger partial charge in [-0.3, -0.25) is 14.8 Å². The fourth-order valence-corrected chi connectivity index (χ4v) is 5.51. The summed E-state index contributed by atoms with van der Waals surface area (Å²) in [7, 11) is -8.20. The average molecular weight is 424 g/mol. The van der Waals surface area contributed by atoms with Crippen molar-refractivity contribution in [2.24, 2.45) is 0 Å². The van der Waals surface area contributed by atoms with Gasteiger partial charge in [0.15, 0.2) is 0 Å². The zero-order valence-electron chi connectivity index (χ0n) is 14.9. The zero-order valence-corrected chi connectivity index (χ0v) is 16.5. The van der Waals surface area contributed by atoms with Gasteiger partial charge in [-0.2, -0.15) is 8.42 Å². The molecular weight excluding hydrogens is 408 g/mol. The second-order valence-electron chi connectivity index (χ2n) is 6.22. The normalized spacial score (nSPS) is 12.2. The molecule has 3 rings (SSSR count). The lowest BCUT2D eigenvalue weighted by Crippen LogP contribution is -2.17. The first-order valence-corrected chi connectivity index (χ1v) is 11.1. The van der Waals surface area contributed by atoms with Crippen LogP contribution in [0.25, 0.3) is 11.0 Å². The SMILES string of the molecule is Cc1cc(NS(=O)(=O)c2cc3ccccc3o2)cc(C)c1S(=O)(=O)C[N+](=O)[O-]. The topological polar surface area (TPSA) is 137 Å². The lowest BCUT2D eigenvalue weighted by Gasteiger charge is -2.12. The van der Waals surface area contributed by atoms with Crippen LogP contribution in [0.2, 0.25) is 0 Å². The van der Waals surface area contributed by atoms with Crippen molar-refractivity contribution in [3.05, 3.63) is 63.7 Å². The van der Waals surface area contributed by atoms with Crippen molar-refractivity contribution < 1.29 is 26.2 Å². The summed E-state index contributed by atoms with van der Waals surface area (Å²) in [6.45, 7) is 2.89. The number of nitro groups is 1. The molecule has 148 valence electrons. The number of anilines is 1. The zero-order chi connectivity index (χ0) is 20.7.